The van der Waals surface area contributed by atoms with Gasteiger partial charge in [0.15, 0.2) is 0 Å². The van der Waals surface area contributed by atoms with E-state index >= 15 is 0 Å². The maximum atomic E-state index is 11.5. The van der Waals surface area contributed by atoms with Crippen LogP contribution in [-0.4, -0.2) is 35.8 Å². The summed E-state index contributed by atoms with van der Waals surface area (Å²) in [5.74, 6) is -0.216. The molecule has 1 fully saturated rings. The first-order chi connectivity index (χ1) is 6.20. The molecule has 2 heterocycles. The van der Waals surface area contributed by atoms with E-state index in [4.69, 9.17) is 0 Å². The highest BCUT2D eigenvalue weighted by atomic mass is 16.2. The van der Waals surface area contributed by atoms with E-state index in [-0.39, 0.29) is 11.8 Å². The lowest BCUT2D eigenvalue weighted by atomic mass is 10.1. The van der Waals surface area contributed by atoms with Gasteiger partial charge in [-0.05, 0) is 6.92 Å². The van der Waals surface area contributed by atoms with E-state index in [9.17, 15) is 9.59 Å². The summed E-state index contributed by atoms with van der Waals surface area (Å²) in [5, 5.41) is 5.52. The lowest BCUT2D eigenvalue weighted by Gasteiger charge is -2.35. The molecule has 0 aromatic carbocycles. The summed E-state index contributed by atoms with van der Waals surface area (Å²) < 4.78 is 0. The molecule has 2 amide bonds. The molecule has 13 heavy (non-hydrogen) atoms. The molecular weight excluding hydrogens is 170 g/mol. The molecule has 70 valence electrons. The van der Waals surface area contributed by atoms with E-state index in [2.05, 4.69) is 10.6 Å². The normalized spacial score (nSPS) is 27.3. The van der Waals surface area contributed by atoms with Gasteiger partial charge >= 0.3 is 0 Å². The lowest BCUT2D eigenvalue weighted by molar-refractivity contribution is -0.139. The number of carbonyl (C=O) groups excluding carboxylic acids is 2. The van der Waals surface area contributed by atoms with E-state index in [1.165, 1.54) is 4.90 Å². The molecule has 1 atom stereocenters. The van der Waals surface area contributed by atoms with Crippen molar-refractivity contribution in [2.24, 2.45) is 0 Å². The van der Waals surface area contributed by atoms with Gasteiger partial charge in [-0.2, -0.15) is 0 Å². The van der Waals surface area contributed by atoms with Crippen molar-refractivity contribution >= 4 is 11.8 Å². The summed E-state index contributed by atoms with van der Waals surface area (Å²) in [5.41, 5.74) is 0.425. The number of fused-ring (bicyclic) bond motifs is 1. The van der Waals surface area contributed by atoms with Crippen LogP contribution in [0.2, 0.25) is 0 Å². The van der Waals surface area contributed by atoms with Crippen molar-refractivity contribution < 1.29 is 9.59 Å². The van der Waals surface area contributed by atoms with Crippen LogP contribution in [0.5, 0.6) is 0 Å². The van der Waals surface area contributed by atoms with Gasteiger partial charge < -0.3 is 15.5 Å². The van der Waals surface area contributed by atoms with Crippen molar-refractivity contribution in [1.29, 1.82) is 0 Å². The Kier molecular flexibility index (Phi) is 1.72. The molecule has 2 aliphatic heterocycles. The maximum Gasteiger partial charge on any atom is 0.270 e. The molecule has 0 radical (unpaired) electrons. The summed E-state index contributed by atoms with van der Waals surface area (Å²) in [6, 6.07) is -0.400. The minimum Gasteiger partial charge on any atom is -0.387 e. The highest BCUT2D eigenvalue weighted by molar-refractivity contribution is 6.04. The van der Waals surface area contributed by atoms with E-state index in [1.807, 2.05) is 0 Å². The highest BCUT2D eigenvalue weighted by Crippen LogP contribution is 2.14. The number of amides is 2. The van der Waals surface area contributed by atoms with E-state index in [0.717, 1.165) is 0 Å². The van der Waals surface area contributed by atoms with E-state index in [0.29, 0.717) is 18.8 Å². The zero-order valence-corrected chi connectivity index (χ0v) is 7.33. The largest absolute Gasteiger partial charge is 0.387 e. The number of piperazine rings is 1. The van der Waals surface area contributed by atoms with Crippen molar-refractivity contribution in [3.05, 3.63) is 11.9 Å². The van der Waals surface area contributed by atoms with Gasteiger partial charge in [0.2, 0.25) is 5.91 Å². The first-order valence-corrected chi connectivity index (χ1v) is 4.26. The molecule has 1 unspecified atom stereocenters. The number of rotatable bonds is 0. The Balaban J connectivity index is 2.32. The summed E-state index contributed by atoms with van der Waals surface area (Å²) in [7, 11) is 0. The zero-order valence-electron chi connectivity index (χ0n) is 7.33. The second-order valence-corrected chi connectivity index (χ2v) is 3.17. The van der Waals surface area contributed by atoms with E-state index < -0.39 is 6.04 Å². The maximum absolute atomic E-state index is 11.5. The third-order valence-electron chi connectivity index (χ3n) is 2.23. The Morgan fingerprint density at radius 2 is 2.31 bits per heavy atom. The Hall–Kier alpha value is -1.52. The third-order valence-corrected chi connectivity index (χ3v) is 2.23. The standard InChI is InChI=1S/C8H11N3O2/c1-5-8(13)11-3-2-9-4-6(11)7(12)10-5/h4-5,9H,2-3H2,1H3,(H,10,12). The van der Waals surface area contributed by atoms with Crippen molar-refractivity contribution in [3.8, 4) is 0 Å². The summed E-state index contributed by atoms with van der Waals surface area (Å²) in [4.78, 5) is 24.4. The molecule has 0 bridgehead atoms. The van der Waals surface area contributed by atoms with Gasteiger partial charge in [-0.1, -0.05) is 0 Å². The summed E-state index contributed by atoms with van der Waals surface area (Å²) in [6.45, 7) is 2.97. The Bertz CT molecular complexity index is 298. The predicted octanol–water partition coefficient (Wildman–Crippen LogP) is -1.22. The fourth-order valence-electron chi connectivity index (χ4n) is 1.53. The molecule has 2 N–H and O–H groups in total. The Morgan fingerprint density at radius 1 is 1.54 bits per heavy atom. The van der Waals surface area contributed by atoms with Crippen LogP contribution in [0.15, 0.2) is 11.9 Å². The first kappa shape index (κ1) is 8.10. The van der Waals surface area contributed by atoms with Gasteiger partial charge in [0.25, 0.3) is 5.91 Å². The number of nitrogens with one attached hydrogen (secondary N) is 2. The van der Waals surface area contributed by atoms with Gasteiger partial charge in [-0.25, -0.2) is 0 Å². The van der Waals surface area contributed by atoms with Crippen LogP contribution in [0.25, 0.3) is 0 Å². The Labute approximate surface area is 75.8 Å². The fraction of sp³-hybridized carbons (Fsp3) is 0.500. The van der Waals surface area contributed by atoms with Crippen molar-refractivity contribution in [3.63, 3.8) is 0 Å². The molecule has 0 spiro atoms. The van der Waals surface area contributed by atoms with Crippen LogP contribution in [0, 0.1) is 0 Å². The van der Waals surface area contributed by atoms with Gasteiger partial charge in [-0.15, -0.1) is 0 Å². The van der Waals surface area contributed by atoms with Crippen LogP contribution < -0.4 is 10.6 Å². The van der Waals surface area contributed by atoms with Crippen LogP contribution in [-0.2, 0) is 9.59 Å². The van der Waals surface area contributed by atoms with Crippen molar-refractivity contribution in [2.45, 2.75) is 13.0 Å². The van der Waals surface area contributed by atoms with E-state index in [1.54, 1.807) is 13.1 Å². The molecule has 0 aliphatic carbocycles. The number of nitrogens with zero attached hydrogens (tertiary/aromatic N) is 1. The zero-order chi connectivity index (χ0) is 9.42. The predicted molar refractivity (Wildman–Crippen MR) is 45.4 cm³/mol. The number of hydrogen-bond donors (Lipinski definition) is 2. The molecule has 0 saturated carbocycles. The van der Waals surface area contributed by atoms with Crippen LogP contribution in [0.3, 0.4) is 0 Å². The number of carbonyl (C=O) groups is 2. The monoisotopic (exact) mass is 181 g/mol. The van der Waals surface area contributed by atoms with Gasteiger partial charge in [0.1, 0.15) is 11.7 Å². The van der Waals surface area contributed by atoms with Crippen LogP contribution in [0.1, 0.15) is 6.92 Å². The summed E-state index contributed by atoms with van der Waals surface area (Å²) >= 11 is 0. The second-order valence-electron chi connectivity index (χ2n) is 3.17. The van der Waals surface area contributed by atoms with Gasteiger partial charge in [0, 0.05) is 19.3 Å². The molecule has 5 nitrogen and oxygen atoms in total. The molecule has 2 aliphatic rings. The summed E-state index contributed by atoms with van der Waals surface area (Å²) in [6.07, 6.45) is 1.59. The smallest absolute Gasteiger partial charge is 0.270 e. The molecular formula is C8H11N3O2. The molecule has 0 aromatic heterocycles. The van der Waals surface area contributed by atoms with Gasteiger partial charge in [-0.3, -0.25) is 9.59 Å². The average Bonchev–Trinajstić information content (AvgIpc) is 2.15. The minimum absolute atomic E-state index is 0.0349. The molecule has 2 rings (SSSR count). The Morgan fingerprint density at radius 3 is 3.08 bits per heavy atom. The van der Waals surface area contributed by atoms with Gasteiger partial charge in [0.05, 0.1) is 0 Å². The van der Waals surface area contributed by atoms with Crippen LogP contribution >= 0.6 is 0 Å². The lowest BCUT2D eigenvalue weighted by Crippen LogP contribution is -2.58. The minimum atomic E-state index is -0.400. The SMILES string of the molecule is CC1NC(=O)C2=CNCCN2C1=O. The molecule has 5 heteroatoms. The van der Waals surface area contributed by atoms with Crippen LogP contribution in [0.4, 0.5) is 0 Å². The average molecular weight is 181 g/mol. The van der Waals surface area contributed by atoms with Crippen molar-refractivity contribution in [2.75, 3.05) is 13.1 Å². The second kappa shape index (κ2) is 2.76. The third kappa shape index (κ3) is 1.16. The molecule has 0 aromatic rings. The van der Waals surface area contributed by atoms with Crippen molar-refractivity contribution in [1.82, 2.24) is 15.5 Å². The first-order valence-electron chi connectivity index (χ1n) is 4.26. The topological polar surface area (TPSA) is 61.4 Å². The fourth-order valence-corrected chi connectivity index (χ4v) is 1.53. The quantitative estimate of drug-likeness (QED) is 0.492. The number of hydrogen-bond acceptors (Lipinski definition) is 3. The molecule has 1 saturated heterocycles. The highest BCUT2D eigenvalue weighted by Gasteiger charge is 2.34.